The number of H-pyrrole nitrogens is 1. The van der Waals surface area contributed by atoms with Crippen LogP contribution in [-0.4, -0.2) is 77.3 Å². The Hall–Kier alpha value is -4.04. The number of carbonyl (C=O) groups is 3. The van der Waals surface area contributed by atoms with Crippen molar-refractivity contribution < 1.29 is 48.5 Å². The summed E-state index contributed by atoms with van der Waals surface area (Å²) in [5, 5.41) is 34.2. The summed E-state index contributed by atoms with van der Waals surface area (Å²) in [5.74, 6) is -3.23. The average Bonchev–Trinajstić information content (AvgIpc) is 3.24. The number of fused-ring (bicyclic) bond motifs is 1. The van der Waals surface area contributed by atoms with Crippen LogP contribution in [0.1, 0.15) is 29.7 Å². The highest BCUT2D eigenvalue weighted by Crippen LogP contribution is 2.26. The smallest absolute Gasteiger partial charge is 0.336 e. The van der Waals surface area contributed by atoms with Gasteiger partial charge in [0.15, 0.2) is 10.8 Å². The van der Waals surface area contributed by atoms with E-state index in [0.29, 0.717) is 5.16 Å². The molecule has 3 rings (SSSR count). The first-order chi connectivity index (χ1) is 17.3. The van der Waals surface area contributed by atoms with Crippen molar-refractivity contribution in [3.8, 4) is 11.5 Å². The molecule has 13 nitrogen and oxygen atoms in total. The first-order valence-electron chi connectivity index (χ1n) is 10.6. The van der Waals surface area contributed by atoms with Gasteiger partial charge in [-0.15, -0.1) is 0 Å². The van der Waals surface area contributed by atoms with Gasteiger partial charge in [0.1, 0.15) is 11.5 Å². The first kappa shape index (κ1) is 29.2. The normalized spacial score (nSPS) is 11.8. The van der Waals surface area contributed by atoms with E-state index >= 15 is 0 Å². The molecule has 1 atom stereocenters. The van der Waals surface area contributed by atoms with Crippen molar-refractivity contribution in [3.63, 3.8) is 0 Å². The summed E-state index contributed by atoms with van der Waals surface area (Å²) in [6, 6.07) is 5.50. The van der Waals surface area contributed by atoms with E-state index in [1.54, 1.807) is 20.4 Å². The number of imidazole rings is 1. The van der Waals surface area contributed by atoms with Crippen LogP contribution in [0.25, 0.3) is 11.0 Å². The number of carboxylic acids is 3. The Morgan fingerprint density at radius 3 is 2.19 bits per heavy atom. The number of carboxylic acid groups (broad SMARTS) is 3. The number of aliphatic carboxylic acids is 3. The van der Waals surface area contributed by atoms with Crippen LogP contribution in [0, 0.1) is 13.8 Å². The van der Waals surface area contributed by atoms with E-state index in [-0.39, 0.29) is 5.75 Å². The number of benzene rings is 1. The van der Waals surface area contributed by atoms with E-state index in [0.717, 1.165) is 39.4 Å². The van der Waals surface area contributed by atoms with Crippen LogP contribution in [-0.2, 0) is 30.9 Å². The molecule has 0 aliphatic carbocycles. The minimum absolute atomic E-state index is 0.277. The number of nitrogens with zero attached hydrogens (tertiary/aromatic N) is 2. The monoisotopic (exact) mass is 537 g/mol. The van der Waals surface area contributed by atoms with E-state index in [1.807, 2.05) is 32.0 Å². The van der Waals surface area contributed by atoms with Crippen LogP contribution in [0.2, 0.25) is 0 Å². The van der Waals surface area contributed by atoms with E-state index in [4.69, 9.17) is 29.9 Å². The maximum Gasteiger partial charge on any atom is 0.336 e. The number of aryl methyl sites for hydroxylation is 1. The molecule has 0 saturated heterocycles. The molecule has 0 saturated carbocycles. The number of pyridine rings is 1. The number of ether oxygens (including phenoxy) is 2. The van der Waals surface area contributed by atoms with E-state index in [9.17, 15) is 18.6 Å². The standard InChI is InChI=1S/C17H19N3O3S.C6H8O7/c1-10-8-18-15(11(2)16(10)23-4)9-24(21)17-19-13-6-5-12(22-3)7-14(13)20-17;7-3(8)1-6(13,5(11)12)2-4(9)10/h5-8H,9H2,1-4H3,(H,19,20);13H,1-2H2,(H,7,8)(H,9,10)(H,11,12)/t24-;/m0./s1. The molecule has 0 unspecified atom stereocenters. The van der Waals surface area contributed by atoms with E-state index < -0.39 is 47.2 Å². The molecule has 0 fully saturated rings. The van der Waals surface area contributed by atoms with Crippen molar-refractivity contribution in [2.45, 2.75) is 43.2 Å². The molecule has 3 aromatic rings. The number of hydrogen-bond donors (Lipinski definition) is 5. The lowest BCUT2D eigenvalue weighted by Crippen LogP contribution is -2.42. The molecule has 1 aromatic carbocycles. The Balaban J connectivity index is 0.000000317. The average molecular weight is 538 g/mol. The van der Waals surface area contributed by atoms with Crippen molar-refractivity contribution in [1.82, 2.24) is 15.0 Å². The third kappa shape index (κ3) is 7.47. The Kier molecular flexibility index (Phi) is 9.68. The molecule has 5 N–H and O–H groups in total. The number of methoxy groups -OCH3 is 2. The van der Waals surface area contributed by atoms with Gasteiger partial charge in [0, 0.05) is 23.4 Å². The van der Waals surface area contributed by atoms with Crippen LogP contribution in [0.15, 0.2) is 29.6 Å². The van der Waals surface area contributed by atoms with Gasteiger partial charge >= 0.3 is 17.9 Å². The third-order valence-corrected chi connectivity index (χ3v) is 6.35. The molecule has 0 amide bonds. The predicted octanol–water partition coefficient (Wildman–Crippen LogP) is 1.65. The van der Waals surface area contributed by atoms with Gasteiger partial charge in [0.25, 0.3) is 0 Å². The zero-order valence-electron chi connectivity index (χ0n) is 20.5. The van der Waals surface area contributed by atoms with Gasteiger partial charge in [-0.05, 0) is 26.0 Å². The second kappa shape index (κ2) is 12.3. The summed E-state index contributed by atoms with van der Waals surface area (Å²) >= 11 is 0. The number of aromatic nitrogens is 3. The van der Waals surface area contributed by atoms with Gasteiger partial charge in [-0.2, -0.15) is 0 Å². The Bertz CT molecular complexity index is 1320. The second-order valence-corrected chi connectivity index (χ2v) is 9.31. The van der Waals surface area contributed by atoms with Crippen LogP contribution < -0.4 is 9.47 Å². The zero-order chi connectivity index (χ0) is 27.9. The number of hydrogen-bond acceptors (Lipinski definition) is 9. The van der Waals surface area contributed by atoms with Gasteiger partial charge in [-0.3, -0.25) is 18.8 Å². The van der Waals surface area contributed by atoms with Crippen LogP contribution in [0.4, 0.5) is 0 Å². The summed E-state index contributed by atoms with van der Waals surface area (Å²) in [5.41, 5.74) is 1.42. The maximum absolute atomic E-state index is 12.7. The largest absolute Gasteiger partial charge is 0.497 e. The summed E-state index contributed by atoms with van der Waals surface area (Å²) in [6.45, 7) is 3.86. The van der Waals surface area contributed by atoms with Crippen molar-refractivity contribution in [1.29, 1.82) is 0 Å². The van der Waals surface area contributed by atoms with Crippen LogP contribution in [0.5, 0.6) is 11.5 Å². The lowest BCUT2D eigenvalue weighted by Gasteiger charge is -2.18. The van der Waals surface area contributed by atoms with Gasteiger partial charge in [0.05, 0.1) is 60.3 Å². The molecule has 0 spiro atoms. The van der Waals surface area contributed by atoms with E-state index in [2.05, 4.69) is 15.0 Å². The fourth-order valence-corrected chi connectivity index (χ4v) is 4.42. The fourth-order valence-electron chi connectivity index (χ4n) is 3.32. The minimum atomic E-state index is -2.74. The Morgan fingerprint density at radius 2 is 1.68 bits per heavy atom. The highest BCUT2D eigenvalue weighted by Gasteiger charge is 2.40. The lowest BCUT2D eigenvalue weighted by molar-refractivity contribution is -0.170. The first-order valence-corrected chi connectivity index (χ1v) is 11.9. The van der Waals surface area contributed by atoms with Crippen LogP contribution >= 0.6 is 0 Å². The summed E-state index contributed by atoms with van der Waals surface area (Å²) in [4.78, 5) is 42.4. The van der Waals surface area contributed by atoms with E-state index in [1.165, 1.54) is 0 Å². The number of aliphatic hydroxyl groups is 1. The second-order valence-electron chi connectivity index (χ2n) is 7.94. The summed E-state index contributed by atoms with van der Waals surface area (Å²) < 4.78 is 23.3. The minimum Gasteiger partial charge on any atom is -0.497 e. The van der Waals surface area contributed by atoms with Crippen LogP contribution in [0.3, 0.4) is 0 Å². The van der Waals surface area contributed by atoms with Gasteiger partial charge in [-0.1, -0.05) is 0 Å². The van der Waals surface area contributed by atoms with Crippen molar-refractivity contribution >= 4 is 39.7 Å². The Morgan fingerprint density at radius 1 is 1.05 bits per heavy atom. The topological polar surface area (TPSA) is 209 Å². The summed E-state index contributed by atoms with van der Waals surface area (Å²) in [7, 11) is 1.91. The quantitative estimate of drug-likeness (QED) is 0.250. The van der Waals surface area contributed by atoms with Gasteiger partial charge < -0.3 is 34.9 Å². The SMILES string of the molecule is COc1ccc2nc([S@@](=O)Cc3ncc(C)c(OC)c3C)[nH]c2c1.O=C(O)CC(O)(CC(=O)O)C(=O)O. The lowest BCUT2D eigenvalue weighted by atomic mass is 9.96. The molecule has 0 radical (unpaired) electrons. The zero-order valence-corrected chi connectivity index (χ0v) is 21.3. The highest BCUT2D eigenvalue weighted by molar-refractivity contribution is 7.84. The highest BCUT2D eigenvalue weighted by atomic mass is 32.2. The predicted molar refractivity (Wildman–Crippen MR) is 130 cm³/mol. The number of nitrogens with one attached hydrogen (secondary N) is 1. The Labute approximate surface area is 213 Å². The van der Waals surface area contributed by atoms with Gasteiger partial charge in [-0.25, -0.2) is 9.78 Å². The maximum atomic E-state index is 12.7. The molecular formula is C23H27N3O10S. The van der Waals surface area contributed by atoms with Crippen molar-refractivity contribution in [3.05, 3.63) is 41.2 Å². The number of rotatable bonds is 10. The molecule has 0 aliphatic rings. The molecule has 0 bridgehead atoms. The third-order valence-electron chi connectivity index (χ3n) is 5.19. The molecule has 200 valence electrons. The molecule has 14 heteroatoms. The van der Waals surface area contributed by atoms with Crippen molar-refractivity contribution in [2.75, 3.05) is 14.2 Å². The molecule has 37 heavy (non-hydrogen) atoms. The molecule has 2 aromatic heterocycles. The molecule has 0 aliphatic heterocycles. The summed E-state index contributed by atoms with van der Waals surface area (Å²) in [6.07, 6.45) is -0.550. The van der Waals surface area contributed by atoms with Gasteiger partial charge in [0.2, 0.25) is 0 Å². The fraction of sp³-hybridized carbons (Fsp3) is 0.348. The molecule has 2 heterocycles. The molecular weight excluding hydrogens is 510 g/mol. The number of aromatic amines is 1. The van der Waals surface area contributed by atoms with Crippen molar-refractivity contribution in [2.24, 2.45) is 0 Å².